The van der Waals surface area contributed by atoms with Crippen molar-refractivity contribution in [1.29, 1.82) is 0 Å². The molecule has 0 spiro atoms. The van der Waals surface area contributed by atoms with Crippen LogP contribution in [0.15, 0.2) is 36.4 Å². The van der Waals surface area contributed by atoms with Gasteiger partial charge < -0.3 is 9.47 Å². The summed E-state index contributed by atoms with van der Waals surface area (Å²) in [6.07, 6.45) is 6.05. The van der Waals surface area contributed by atoms with Crippen LogP contribution in [-0.2, 0) is 10.2 Å². The van der Waals surface area contributed by atoms with Crippen molar-refractivity contribution in [2.45, 2.75) is 51.4 Å². The zero-order valence-corrected chi connectivity index (χ0v) is 15.3. The Kier molecular flexibility index (Phi) is 5.12. The molecule has 0 atom stereocenters. The number of aryl methyl sites for hydroxylation is 2. The maximum atomic E-state index is 10.7. The van der Waals surface area contributed by atoms with Crippen LogP contribution in [0.1, 0.15) is 54.4 Å². The lowest BCUT2D eigenvalue weighted by Crippen LogP contribution is -2.30. The number of hydrogen-bond acceptors (Lipinski definition) is 3. The summed E-state index contributed by atoms with van der Waals surface area (Å²) in [7, 11) is 1.72. The molecule has 0 N–H and O–H groups in total. The molecule has 1 saturated carbocycles. The monoisotopic (exact) mass is 338 g/mol. The summed E-state index contributed by atoms with van der Waals surface area (Å²) in [5.74, 6) is 1.57. The van der Waals surface area contributed by atoms with E-state index in [1.54, 1.807) is 7.11 Å². The van der Waals surface area contributed by atoms with Crippen LogP contribution < -0.4 is 9.47 Å². The van der Waals surface area contributed by atoms with E-state index < -0.39 is 0 Å². The number of hydrogen-bond donors (Lipinski definition) is 0. The van der Waals surface area contributed by atoms with Gasteiger partial charge in [-0.15, -0.1) is 0 Å². The maximum absolute atomic E-state index is 10.7. The standard InChI is InChI=1S/C22H26O3/c1-16-13-18(7-9-20(16)24-3)22(11-5-4-6-12-22)19-8-10-21(25-15-23)17(2)14-19/h7-10,13-15H,4-6,11-12H2,1-3H3. The molecule has 0 heterocycles. The van der Waals surface area contributed by atoms with Crippen molar-refractivity contribution in [2.24, 2.45) is 0 Å². The summed E-state index contributed by atoms with van der Waals surface area (Å²) < 4.78 is 10.5. The first-order valence-corrected chi connectivity index (χ1v) is 8.97. The van der Waals surface area contributed by atoms with Crippen molar-refractivity contribution in [3.63, 3.8) is 0 Å². The summed E-state index contributed by atoms with van der Waals surface area (Å²) in [6.45, 7) is 4.59. The average molecular weight is 338 g/mol. The first-order chi connectivity index (χ1) is 12.1. The molecule has 3 heteroatoms. The van der Waals surface area contributed by atoms with Gasteiger partial charge in [0.25, 0.3) is 6.47 Å². The molecule has 1 aliphatic carbocycles. The van der Waals surface area contributed by atoms with Gasteiger partial charge in [-0.25, -0.2) is 0 Å². The van der Waals surface area contributed by atoms with Crippen molar-refractivity contribution >= 4 is 6.47 Å². The Morgan fingerprint density at radius 3 is 1.92 bits per heavy atom. The lowest BCUT2D eigenvalue weighted by molar-refractivity contribution is -0.120. The molecule has 0 aliphatic heterocycles. The molecule has 0 unspecified atom stereocenters. The smallest absolute Gasteiger partial charge is 0.298 e. The quantitative estimate of drug-likeness (QED) is 0.712. The first-order valence-electron chi connectivity index (χ1n) is 8.97. The molecule has 1 aliphatic rings. The predicted molar refractivity (Wildman–Crippen MR) is 99.5 cm³/mol. The highest BCUT2D eigenvalue weighted by atomic mass is 16.5. The molecule has 132 valence electrons. The summed E-state index contributed by atoms with van der Waals surface area (Å²) >= 11 is 0. The van der Waals surface area contributed by atoms with E-state index in [0.717, 1.165) is 24.2 Å². The lowest BCUT2D eigenvalue weighted by Gasteiger charge is -2.39. The molecular formula is C22H26O3. The number of carbonyl (C=O) groups is 1. The van der Waals surface area contributed by atoms with Gasteiger partial charge >= 0.3 is 0 Å². The third-order valence-electron chi connectivity index (χ3n) is 5.56. The van der Waals surface area contributed by atoms with E-state index in [0.29, 0.717) is 12.2 Å². The fourth-order valence-electron chi connectivity index (χ4n) is 4.21. The SMILES string of the molecule is COc1ccc(C2(c3ccc(OC=O)c(C)c3)CCCCC2)cc1C. The highest BCUT2D eigenvalue weighted by Gasteiger charge is 2.36. The minimum Gasteiger partial charge on any atom is -0.496 e. The Morgan fingerprint density at radius 1 is 0.880 bits per heavy atom. The van der Waals surface area contributed by atoms with Crippen LogP contribution in [0.2, 0.25) is 0 Å². The number of benzene rings is 2. The van der Waals surface area contributed by atoms with Gasteiger partial charge in [-0.3, -0.25) is 4.79 Å². The van der Waals surface area contributed by atoms with Gasteiger partial charge in [0.1, 0.15) is 11.5 Å². The summed E-state index contributed by atoms with van der Waals surface area (Å²) in [6, 6.07) is 12.8. The normalized spacial score (nSPS) is 16.3. The maximum Gasteiger partial charge on any atom is 0.298 e. The largest absolute Gasteiger partial charge is 0.496 e. The molecule has 3 rings (SSSR count). The van der Waals surface area contributed by atoms with Crippen molar-refractivity contribution in [3.8, 4) is 11.5 Å². The summed E-state index contributed by atoms with van der Waals surface area (Å²) in [5, 5.41) is 0. The summed E-state index contributed by atoms with van der Waals surface area (Å²) in [4.78, 5) is 10.7. The molecule has 1 fully saturated rings. The van der Waals surface area contributed by atoms with Gasteiger partial charge in [0.2, 0.25) is 0 Å². The van der Waals surface area contributed by atoms with E-state index in [9.17, 15) is 4.79 Å². The molecule has 3 nitrogen and oxygen atoms in total. The molecule has 0 saturated heterocycles. The van der Waals surface area contributed by atoms with Crippen LogP contribution in [0, 0.1) is 13.8 Å². The van der Waals surface area contributed by atoms with Crippen molar-refractivity contribution in [1.82, 2.24) is 0 Å². The second kappa shape index (κ2) is 7.30. The van der Waals surface area contributed by atoms with E-state index in [4.69, 9.17) is 9.47 Å². The van der Waals surface area contributed by atoms with E-state index in [1.165, 1.54) is 36.0 Å². The Hall–Kier alpha value is -2.29. The molecule has 0 amide bonds. The van der Waals surface area contributed by atoms with Crippen LogP contribution in [0.3, 0.4) is 0 Å². The highest BCUT2D eigenvalue weighted by molar-refractivity contribution is 5.52. The van der Waals surface area contributed by atoms with Crippen LogP contribution >= 0.6 is 0 Å². The molecule has 0 radical (unpaired) electrons. The third kappa shape index (κ3) is 3.28. The van der Waals surface area contributed by atoms with Gasteiger partial charge in [0.05, 0.1) is 7.11 Å². The predicted octanol–water partition coefficient (Wildman–Crippen LogP) is 5.10. The Balaban J connectivity index is 2.09. The van der Waals surface area contributed by atoms with E-state index >= 15 is 0 Å². The van der Waals surface area contributed by atoms with E-state index in [1.807, 2.05) is 13.0 Å². The number of carbonyl (C=O) groups excluding carboxylic acids is 1. The van der Waals surface area contributed by atoms with Crippen LogP contribution in [0.25, 0.3) is 0 Å². The Labute approximate surface area is 150 Å². The fourth-order valence-corrected chi connectivity index (χ4v) is 4.21. The van der Waals surface area contributed by atoms with E-state index in [-0.39, 0.29) is 5.41 Å². The highest BCUT2D eigenvalue weighted by Crippen LogP contribution is 2.46. The third-order valence-corrected chi connectivity index (χ3v) is 5.56. The topological polar surface area (TPSA) is 35.5 Å². The zero-order chi connectivity index (χ0) is 17.9. The first kappa shape index (κ1) is 17.5. The average Bonchev–Trinajstić information content (AvgIpc) is 2.64. The second-order valence-corrected chi connectivity index (χ2v) is 7.02. The van der Waals surface area contributed by atoms with Gasteiger partial charge in [-0.05, 0) is 61.1 Å². The molecule has 0 aromatic heterocycles. The lowest BCUT2D eigenvalue weighted by atomic mass is 9.65. The molecular weight excluding hydrogens is 312 g/mol. The minimum atomic E-state index is 0.0275. The van der Waals surface area contributed by atoms with Crippen molar-refractivity contribution < 1.29 is 14.3 Å². The zero-order valence-electron chi connectivity index (χ0n) is 15.3. The second-order valence-electron chi connectivity index (χ2n) is 7.02. The van der Waals surface area contributed by atoms with Crippen LogP contribution in [0.5, 0.6) is 11.5 Å². The number of methoxy groups -OCH3 is 1. The molecule has 2 aromatic rings. The molecule has 0 bridgehead atoms. The van der Waals surface area contributed by atoms with Crippen molar-refractivity contribution in [3.05, 3.63) is 58.7 Å². The van der Waals surface area contributed by atoms with Gasteiger partial charge in [0.15, 0.2) is 0 Å². The van der Waals surface area contributed by atoms with Crippen LogP contribution in [-0.4, -0.2) is 13.6 Å². The van der Waals surface area contributed by atoms with Crippen LogP contribution in [0.4, 0.5) is 0 Å². The number of ether oxygens (including phenoxy) is 2. The minimum absolute atomic E-state index is 0.0275. The Bertz CT molecular complexity index is 758. The Morgan fingerprint density at radius 2 is 1.44 bits per heavy atom. The van der Waals surface area contributed by atoms with Gasteiger partial charge in [-0.1, -0.05) is 43.5 Å². The molecule has 2 aromatic carbocycles. The van der Waals surface area contributed by atoms with Gasteiger partial charge in [-0.2, -0.15) is 0 Å². The summed E-state index contributed by atoms with van der Waals surface area (Å²) in [5.41, 5.74) is 4.86. The van der Waals surface area contributed by atoms with Crippen molar-refractivity contribution in [2.75, 3.05) is 7.11 Å². The number of rotatable bonds is 5. The van der Waals surface area contributed by atoms with E-state index in [2.05, 4.69) is 37.3 Å². The molecule has 25 heavy (non-hydrogen) atoms. The fraction of sp³-hybridized carbons (Fsp3) is 0.409. The van der Waals surface area contributed by atoms with Gasteiger partial charge in [0, 0.05) is 5.41 Å².